The fourth-order valence-electron chi connectivity index (χ4n) is 2.95. The van der Waals surface area contributed by atoms with Gasteiger partial charge in [0, 0.05) is 6.07 Å². The van der Waals surface area contributed by atoms with Gasteiger partial charge in [0.2, 0.25) is 12.7 Å². The van der Waals surface area contributed by atoms with Crippen molar-refractivity contribution in [3.63, 3.8) is 0 Å². The summed E-state index contributed by atoms with van der Waals surface area (Å²) >= 11 is 0. The predicted octanol–water partition coefficient (Wildman–Crippen LogP) is 2.16. The van der Waals surface area contributed by atoms with Crippen molar-refractivity contribution < 1.29 is 23.7 Å². The van der Waals surface area contributed by atoms with Gasteiger partial charge < -0.3 is 24.3 Å². The number of amides is 1. The summed E-state index contributed by atoms with van der Waals surface area (Å²) in [6.45, 7) is 1.47. The number of fused-ring (bicyclic) bond motifs is 2. The highest BCUT2D eigenvalue weighted by Crippen LogP contribution is 2.35. The van der Waals surface area contributed by atoms with Gasteiger partial charge in [0.05, 0.1) is 12.5 Å². The van der Waals surface area contributed by atoms with E-state index >= 15 is 0 Å². The number of carbonyl (C=O) groups excluding carboxylic acids is 1. The Morgan fingerprint density at radius 1 is 1.08 bits per heavy atom. The summed E-state index contributed by atoms with van der Waals surface area (Å²) < 4.78 is 21.9. The Bertz CT molecular complexity index is 776. The Kier molecular flexibility index (Phi) is 4.33. The fourth-order valence-corrected chi connectivity index (χ4v) is 2.95. The SMILES string of the molecule is O=C(NCCOc1ccc2c(c1)OCO2)[C@@H]1COc2ccccc2C1. The summed E-state index contributed by atoms with van der Waals surface area (Å²) in [6, 6.07) is 13.2. The Balaban J connectivity index is 1.23. The second-order valence-corrected chi connectivity index (χ2v) is 5.97. The molecule has 0 radical (unpaired) electrons. The molecule has 2 aliphatic heterocycles. The van der Waals surface area contributed by atoms with E-state index in [2.05, 4.69) is 5.32 Å². The van der Waals surface area contributed by atoms with Gasteiger partial charge in [-0.25, -0.2) is 0 Å². The highest BCUT2D eigenvalue weighted by atomic mass is 16.7. The Labute approximate surface area is 145 Å². The molecule has 0 aromatic heterocycles. The molecule has 25 heavy (non-hydrogen) atoms. The molecule has 4 rings (SSSR count). The summed E-state index contributed by atoms with van der Waals surface area (Å²) in [5, 5.41) is 2.91. The molecule has 0 saturated heterocycles. The molecule has 6 nitrogen and oxygen atoms in total. The standard InChI is InChI=1S/C19H19NO5/c21-19(14-9-13-3-1-2-4-16(13)23-11-14)20-7-8-22-15-5-6-17-18(10-15)25-12-24-17/h1-6,10,14H,7-9,11-12H2,(H,20,21)/t14-/m0/s1. The number of hydrogen-bond acceptors (Lipinski definition) is 5. The molecule has 1 atom stereocenters. The van der Waals surface area contributed by atoms with Gasteiger partial charge in [0.25, 0.3) is 0 Å². The van der Waals surface area contributed by atoms with Crippen molar-refractivity contribution in [1.29, 1.82) is 0 Å². The van der Waals surface area contributed by atoms with Crippen molar-refractivity contribution in [3.05, 3.63) is 48.0 Å². The first-order valence-corrected chi connectivity index (χ1v) is 8.30. The van der Waals surface area contributed by atoms with Gasteiger partial charge in [0.1, 0.15) is 24.7 Å². The molecule has 2 aromatic carbocycles. The topological polar surface area (TPSA) is 66.0 Å². The third kappa shape index (κ3) is 3.47. The number of para-hydroxylation sites is 1. The largest absolute Gasteiger partial charge is 0.492 e. The molecule has 6 heteroatoms. The van der Waals surface area contributed by atoms with Gasteiger partial charge in [-0.1, -0.05) is 18.2 Å². The average Bonchev–Trinajstić information content (AvgIpc) is 3.12. The number of carbonyl (C=O) groups is 1. The van der Waals surface area contributed by atoms with Crippen LogP contribution < -0.4 is 24.3 Å². The fraction of sp³-hybridized carbons (Fsp3) is 0.316. The predicted molar refractivity (Wildman–Crippen MR) is 90.2 cm³/mol. The van der Waals surface area contributed by atoms with E-state index in [1.165, 1.54) is 0 Å². The minimum atomic E-state index is -0.166. The molecule has 0 spiro atoms. The molecular formula is C19H19NO5. The summed E-state index contributed by atoms with van der Waals surface area (Å²) in [7, 11) is 0. The number of rotatable bonds is 5. The zero-order valence-corrected chi connectivity index (χ0v) is 13.7. The van der Waals surface area contributed by atoms with Crippen molar-refractivity contribution in [2.75, 3.05) is 26.6 Å². The lowest BCUT2D eigenvalue weighted by Crippen LogP contribution is -2.39. The highest BCUT2D eigenvalue weighted by Gasteiger charge is 2.25. The Morgan fingerprint density at radius 3 is 2.92 bits per heavy atom. The van der Waals surface area contributed by atoms with Gasteiger partial charge in [-0.15, -0.1) is 0 Å². The van der Waals surface area contributed by atoms with Crippen LogP contribution in [0.15, 0.2) is 42.5 Å². The monoisotopic (exact) mass is 341 g/mol. The molecule has 0 saturated carbocycles. The maximum Gasteiger partial charge on any atom is 0.231 e. The lowest BCUT2D eigenvalue weighted by Gasteiger charge is -2.24. The normalized spacial score (nSPS) is 17.4. The lowest BCUT2D eigenvalue weighted by atomic mass is 9.96. The second kappa shape index (κ2) is 6.93. The molecule has 2 aliphatic rings. The van der Waals surface area contributed by atoms with Crippen molar-refractivity contribution in [2.45, 2.75) is 6.42 Å². The molecule has 130 valence electrons. The van der Waals surface area contributed by atoms with E-state index in [0.29, 0.717) is 37.7 Å². The molecule has 1 N–H and O–H groups in total. The van der Waals surface area contributed by atoms with Crippen LogP contribution in [0.4, 0.5) is 0 Å². The summed E-state index contributed by atoms with van der Waals surface area (Å²) in [4.78, 5) is 12.3. The maximum absolute atomic E-state index is 12.3. The minimum Gasteiger partial charge on any atom is -0.492 e. The molecule has 0 fully saturated rings. The summed E-state index contributed by atoms with van der Waals surface area (Å²) in [6.07, 6.45) is 0.699. The van der Waals surface area contributed by atoms with Crippen molar-refractivity contribution >= 4 is 5.91 Å². The Morgan fingerprint density at radius 2 is 1.96 bits per heavy atom. The number of hydrogen-bond donors (Lipinski definition) is 1. The lowest BCUT2D eigenvalue weighted by molar-refractivity contribution is -0.126. The van der Waals surface area contributed by atoms with Gasteiger partial charge in [-0.05, 0) is 30.2 Å². The number of nitrogens with one attached hydrogen (secondary N) is 1. The van der Waals surface area contributed by atoms with Gasteiger partial charge >= 0.3 is 0 Å². The summed E-state index contributed by atoms with van der Waals surface area (Å²) in [5.74, 6) is 2.79. The van der Waals surface area contributed by atoms with Crippen LogP contribution >= 0.6 is 0 Å². The van der Waals surface area contributed by atoms with E-state index in [1.54, 1.807) is 6.07 Å². The molecule has 0 aliphatic carbocycles. The quantitative estimate of drug-likeness (QED) is 0.844. The molecule has 0 bridgehead atoms. The van der Waals surface area contributed by atoms with Crippen molar-refractivity contribution in [2.24, 2.45) is 5.92 Å². The number of benzene rings is 2. The average molecular weight is 341 g/mol. The molecule has 0 unspecified atom stereocenters. The second-order valence-electron chi connectivity index (χ2n) is 5.97. The third-order valence-corrected chi connectivity index (χ3v) is 4.26. The third-order valence-electron chi connectivity index (χ3n) is 4.26. The van der Waals surface area contributed by atoms with Crippen LogP contribution in [0.1, 0.15) is 5.56 Å². The van der Waals surface area contributed by atoms with Crippen LogP contribution in [-0.2, 0) is 11.2 Å². The zero-order valence-electron chi connectivity index (χ0n) is 13.7. The van der Waals surface area contributed by atoms with Crippen LogP contribution in [0.25, 0.3) is 0 Å². The van der Waals surface area contributed by atoms with Crippen LogP contribution in [0, 0.1) is 5.92 Å². The van der Waals surface area contributed by atoms with Crippen LogP contribution in [0.3, 0.4) is 0 Å². The number of ether oxygens (including phenoxy) is 4. The summed E-state index contributed by atoms with van der Waals surface area (Å²) in [5.41, 5.74) is 1.07. The highest BCUT2D eigenvalue weighted by molar-refractivity contribution is 5.79. The van der Waals surface area contributed by atoms with Crippen LogP contribution in [-0.4, -0.2) is 32.5 Å². The molecular weight excluding hydrogens is 322 g/mol. The first-order chi connectivity index (χ1) is 12.3. The van der Waals surface area contributed by atoms with Crippen molar-refractivity contribution in [3.8, 4) is 23.0 Å². The van der Waals surface area contributed by atoms with Gasteiger partial charge in [-0.3, -0.25) is 4.79 Å². The van der Waals surface area contributed by atoms with E-state index in [4.69, 9.17) is 18.9 Å². The molecule has 1 amide bonds. The van der Waals surface area contributed by atoms with E-state index in [-0.39, 0.29) is 18.6 Å². The van der Waals surface area contributed by atoms with Crippen LogP contribution in [0.5, 0.6) is 23.0 Å². The van der Waals surface area contributed by atoms with E-state index in [0.717, 1.165) is 17.1 Å². The zero-order chi connectivity index (χ0) is 17.1. The van der Waals surface area contributed by atoms with E-state index < -0.39 is 0 Å². The Hall–Kier alpha value is -2.89. The van der Waals surface area contributed by atoms with E-state index in [1.807, 2.05) is 36.4 Å². The first-order valence-electron chi connectivity index (χ1n) is 8.30. The van der Waals surface area contributed by atoms with Crippen molar-refractivity contribution in [1.82, 2.24) is 5.32 Å². The van der Waals surface area contributed by atoms with E-state index in [9.17, 15) is 4.79 Å². The van der Waals surface area contributed by atoms with Gasteiger partial charge in [0.15, 0.2) is 11.5 Å². The van der Waals surface area contributed by atoms with Gasteiger partial charge in [-0.2, -0.15) is 0 Å². The van der Waals surface area contributed by atoms with Crippen LogP contribution in [0.2, 0.25) is 0 Å². The molecule has 2 heterocycles. The maximum atomic E-state index is 12.3. The minimum absolute atomic E-state index is 0.0104. The molecule has 2 aromatic rings. The smallest absolute Gasteiger partial charge is 0.231 e. The first kappa shape index (κ1) is 15.6.